The topological polar surface area (TPSA) is 69.2 Å². The standard InChI is InChI=1S/C16H19N5O2S2/c1-4-23-15(22)14(18-17-12-8-6-5-7-9-12)21-13(24)10-11(2)19-20(3)16(21)25/h5-10,17,19H,4H2,1-3H3/b18-14-. The van der Waals surface area contributed by atoms with Crippen molar-refractivity contribution < 1.29 is 9.53 Å². The first-order chi connectivity index (χ1) is 11.9. The van der Waals surface area contributed by atoms with E-state index in [1.165, 1.54) is 4.90 Å². The smallest absolute Gasteiger partial charge is 0.376 e. The van der Waals surface area contributed by atoms with E-state index in [2.05, 4.69) is 16.0 Å². The number of carbonyl (C=O) groups excluding carboxylic acids is 1. The highest BCUT2D eigenvalue weighted by atomic mass is 32.1. The van der Waals surface area contributed by atoms with Crippen molar-refractivity contribution >= 4 is 52.0 Å². The van der Waals surface area contributed by atoms with Gasteiger partial charge >= 0.3 is 5.97 Å². The fourth-order valence-corrected chi connectivity index (χ4v) is 2.68. The molecule has 0 atom stereocenters. The van der Waals surface area contributed by atoms with Crippen molar-refractivity contribution in [3.05, 3.63) is 42.1 Å². The van der Waals surface area contributed by atoms with Crippen LogP contribution in [0, 0.1) is 0 Å². The van der Waals surface area contributed by atoms with Gasteiger partial charge in [-0.2, -0.15) is 0 Å². The number of nitrogens with one attached hydrogen (secondary N) is 2. The van der Waals surface area contributed by atoms with Gasteiger partial charge in [-0.25, -0.2) is 4.79 Å². The molecule has 1 aromatic rings. The highest BCUT2D eigenvalue weighted by molar-refractivity contribution is 7.82. The Kier molecular flexibility index (Phi) is 6.43. The fourth-order valence-electron chi connectivity index (χ4n) is 2.05. The van der Waals surface area contributed by atoms with Crippen LogP contribution in [0.3, 0.4) is 0 Å². The lowest BCUT2D eigenvalue weighted by molar-refractivity contribution is -0.135. The maximum Gasteiger partial charge on any atom is 0.376 e. The molecule has 2 N–H and O–H groups in total. The summed E-state index contributed by atoms with van der Waals surface area (Å²) in [7, 11) is 1.73. The number of allylic oxidation sites excluding steroid dienone is 1. The first kappa shape index (κ1) is 18.8. The Bertz CT molecular complexity index is 733. The summed E-state index contributed by atoms with van der Waals surface area (Å²) in [5.41, 5.74) is 7.39. The number of anilines is 1. The minimum Gasteiger partial charge on any atom is -0.460 e. The minimum atomic E-state index is -0.628. The molecule has 0 fully saturated rings. The number of hydrazine groups is 1. The van der Waals surface area contributed by atoms with Crippen molar-refractivity contribution in [1.82, 2.24) is 15.3 Å². The molecule has 0 spiro atoms. The van der Waals surface area contributed by atoms with E-state index in [0.717, 1.165) is 5.70 Å². The Hall–Kier alpha value is -2.52. The maximum absolute atomic E-state index is 12.4. The average molecular weight is 377 g/mol. The van der Waals surface area contributed by atoms with Crippen molar-refractivity contribution in [2.45, 2.75) is 13.8 Å². The Morgan fingerprint density at radius 3 is 2.64 bits per heavy atom. The van der Waals surface area contributed by atoms with Gasteiger partial charge < -0.3 is 10.2 Å². The summed E-state index contributed by atoms with van der Waals surface area (Å²) in [4.78, 5) is 14.2. The largest absolute Gasteiger partial charge is 0.460 e. The molecule has 0 saturated carbocycles. The van der Waals surface area contributed by atoms with Gasteiger partial charge in [-0.05, 0) is 44.3 Å². The van der Waals surface area contributed by atoms with Crippen LogP contribution in [0.15, 0.2) is 47.2 Å². The number of nitrogens with zero attached hydrogens (tertiary/aromatic N) is 3. The third-order valence-corrected chi connectivity index (χ3v) is 3.87. The lowest BCUT2D eigenvalue weighted by Gasteiger charge is -2.28. The number of ether oxygens (including phenoxy) is 1. The van der Waals surface area contributed by atoms with Gasteiger partial charge in [0.25, 0.3) is 0 Å². The van der Waals surface area contributed by atoms with E-state index in [-0.39, 0.29) is 17.6 Å². The summed E-state index contributed by atoms with van der Waals surface area (Å²) in [6.45, 7) is 3.77. The number of hydrogen-bond acceptors (Lipinski definition) is 7. The Labute approximate surface area is 157 Å². The zero-order valence-electron chi connectivity index (χ0n) is 14.1. The van der Waals surface area contributed by atoms with E-state index in [9.17, 15) is 4.79 Å². The number of esters is 1. The van der Waals surface area contributed by atoms with E-state index >= 15 is 0 Å². The van der Waals surface area contributed by atoms with Crippen LogP contribution in [-0.4, -0.2) is 45.5 Å². The van der Waals surface area contributed by atoms with Crippen molar-refractivity contribution in [2.75, 3.05) is 19.1 Å². The Balaban J connectivity index is 2.41. The molecule has 1 aliphatic heterocycles. The molecule has 1 aliphatic rings. The van der Waals surface area contributed by atoms with Gasteiger partial charge in [0.1, 0.15) is 4.99 Å². The van der Waals surface area contributed by atoms with Crippen LogP contribution in [0.2, 0.25) is 0 Å². The van der Waals surface area contributed by atoms with Crippen molar-refractivity contribution in [1.29, 1.82) is 0 Å². The third kappa shape index (κ3) is 4.74. The van der Waals surface area contributed by atoms with Crippen LogP contribution in [0.5, 0.6) is 0 Å². The second-order valence-corrected chi connectivity index (χ2v) is 5.87. The highest BCUT2D eigenvalue weighted by Crippen LogP contribution is 2.11. The monoisotopic (exact) mass is 377 g/mol. The molecule has 25 heavy (non-hydrogen) atoms. The average Bonchev–Trinajstić information content (AvgIpc) is 2.66. The number of hydrazone groups is 1. The molecule has 0 aromatic heterocycles. The lowest BCUT2D eigenvalue weighted by Crippen LogP contribution is -2.51. The molecule has 0 amide bonds. The van der Waals surface area contributed by atoms with Crippen LogP contribution < -0.4 is 10.9 Å². The van der Waals surface area contributed by atoms with Gasteiger partial charge in [0, 0.05) is 12.7 Å². The summed E-state index contributed by atoms with van der Waals surface area (Å²) in [5, 5.41) is 6.06. The summed E-state index contributed by atoms with van der Waals surface area (Å²) in [6.07, 6.45) is 1.70. The minimum absolute atomic E-state index is 0.0414. The number of rotatable bonds is 3. The number of hydrogen-bond donors (Lipinski definition) is 2. The number of benzene rings is 1. The second-order valence-electron chi connectivity index (χ2n) is 5.09. The van der Waals surface area contributed by atoms with Crippen LogP contribution in [-0.2, 0) is 9.53 Å². The number of carbonyl (C=O) groups is 1. The molecular weight excluding hydrogens is 358 g/mol. The fraction of sp³-hybridized carbons (Fsp3) is 0.250. The first-order valence-electron chi connectivity index (χ1n) is 7.56. The molecule has 0 unspecified atom stereocenters. The van der Waals surface area contributed by atoms with Gasteiger partial charge in [-0.15, -0.1) is 5.10 Å². The molecule has 9 heteroatoms. The Morgan fingerprint density at radius 2 is 2.00 bits per heavy atom. The highest BCUT2D eigenvalue weighted by Gasteiger charge is 2.31. The molecule has 2 rings (SSSR count). The SMILES string of the molecule is CCOC(=O)/C(=N/Nc1ccccc1)N1C(=S)C=C(C)NN(C)C1=S. The third-order valence-electron chi connectivity index (χ3n) is 3.12. The van der Waals surface area contributed by atoms with E-state index in [0.29, 0.717) is 10.7 Å². The number of thiocarbonyl (C=S) groups is 2. The molecule has 0 radical (unpaired) electrons. The van der Waals surface area contributed by atoms with Crippen LogP contribution >= 0.6 is 24.4 Å². The van der Waals surface area contributed by atoms with Crippen LogP contribution in [0.25, 0.3) is 0 Å². The molecular formula is C16H19N5O2S2. The zero-order chi connectivity index (χ0) is 18.4. The number of para-hydroxylation sites is 1. The molecule has 1 heterocycles. The molecule has 0 saturated heterocycles. The van der Waals surface area contributed by atoms with Gasteiger partial charge in [-0.1, -0.05) is 30.4 Å². The van der Waals surface area contributed by atoms with E-state index in [4.69, 9.17) is 29.2 Å². The summed E-state index contributed by atoms with van der Waals surface area (Å²) in [5.74, 6) is -0.669. The molecule has 0 bridgehead atoms. The first-order valence-corrected chi connectivity index (χ1v) is 8.38. The van der Waals surface area contributed by atoms with E-state index in [1.807, 2.05) is 37.3 Å². The Morgan fingerprint density at radius 1 is 1.32 bits per heavy atom. The predicted molar refractivity (Wildman–Crippen MR) is 106 cm³/mol. The van der Waals surface area contributed by atoms with E-state index in [1.54, 1.807) is 25.1 Å². The number of amidine groups is 1. The molecule has 7 nitrogen and oxygen atoms in total. The molecule has 132 valence electrons. The second kappa shape index (κ2) is 8.54. The summed E-state index contributed by atoms with van der Waals surface area (Å²) in [6, 6.07) is 9.24. The van der Waals surface area contributed by atoms with Crippen LogP contribution in [0.1, 0.15) is 13.8 Å². The summed E-state index contributed by atoms with van der Waals surface area (Å²) < 4.78 is 5.11. The molecule has 1 aromatic carbocycles. The predicted octanol–water partition coefficient (Wildman–Crippen LogP) is 2.24. The zero-order valence-corrected chi connectivity index (χ0v) is 15.8. The van der Waals surface area contributed by atoms with Crippen LogP contribution in [0.4, 0.5) is 5.69 Å². The van der Waals surface area contributed by atoms with Crippen molar-refractivity contribution in [2.24, 2.45) is 5.10 Å². The molecule has 0 aliphatic carbocycles. The van der Waals surface area contributed by atoms with Gasteiger partial charge in [0.15, 0.2) is 0 Å². The maximum atomic E-state index is 12.4. The van der Waals surface area contributed by atoms with Gasteiger partial charge in [0.05, 0.1) is 12.3 Å². The van der Waals surface area contributed by atoms with E-state index < -0.39 is 5.97 Å². The normalized spacial score (nSPS) is 15.3. The quantitative estimate of drug-likeness (QED) is 0.273. The summed E-state index contributed by atoms with van der Waals surface area (Å²) >= 11 is 10.8. The van der Waals surface area contributed by atoms with Crippen molar-refractivity contribution in [3.8, 4) is 0 Å². The van der Waals surface area contributed by atoms with Gasteiger partial charge in [-0.3, -0.25) is 15.3 Å². The lowest BCUT2D eigenvalue weighted by atomic mass is 10.3. The van der Waals surface area contributed by atoms with Gasteiger partial charge in [0.2, 0.25) is 10.9 Å². The van der Waals surface area contributed by atoms with Crippen molar-refractivity contribution in [3.63, 3.8) is 0 Å².